The number of ether oxygens (including phenoxy) is 3. The third-order valence-electron chi connectivity index (χ3n) is 8.39. The van der Waals surface area contributed by atoms with Gasteiger partial charge in [-0.05, 0) is 105 Å². The van der Waals surface area contributed by atoms with E-state index in [9.17, 15) is 0 Å². The molecule has 4 aromatic carbocycles. The Hall–Kier alpha value is -4.22. The van der Waals surface area contributed by atoms with Crippen molar-refractivity contribution in [2.75, 3.05) is 32.8 Å². The molecular formula is C38H42N2O3. The van der Waals surface area contributed by atoms with Crippen LogP contribution in [0.2, 0.25) is 0 Å². The van der Waals surface area contributed by atoms with Gasteiger partial charge in [-0.2, -0.15) is 0 Å². The molecule has 5 nitrogen and oxygen atoms in total. The molecule has 6 rings (SSSR count). The van der Waals surface area contributed by atoms with Crippen LogP contribution >= 0.6 is 0 Å². The normalized spacial score (nSPS) is 13.7. The molecule has 1 aliphatic heterocycles. The Labute approximate surface area is 255 Å². The van der Waals surface area contributed by atoms with Crippen molar-refractivity contribution in [3.05, 3.63) is 114 Å². The van der Waals surface area contributed by atoms with Crippen LogP contribution in [-0.4, -0.2) is 42.3 Å². The van der Waals surface area contributed by atoms with E-state index in [1.165, 1.54) is 60.1 Å². The van der Waals surface area contributed by atoms with Crippen LogP contribution < -0.4 is 14.2 Å². The summed E-state index contributed by atoms with van der Waals surface area (Å²) in [6.45, 7) is 10.2. The van der Waals surface area contributed by atoms with Gasteiger partial charge in [0.2, 0.25) is 0 Å². The van der Waals surface area contributed by atoms with E-state index in [2.05, 4.69) is 95.3 Å². The van der Waals surface area contributed by atoms with Crippen LogP contribution in [0.5, 0.6) is 17.2 Å². The zero-order valence-electron chi connectivity index (χ0n) is 25.4. The Bertz CT molecular complexity index is 1620. The molecule has 1 fully saturated rings. The lowest BCUT2D eigenvalue weighted by Crippen LogP contribution is -2.33. The summed E-state index contributed by atoms with van der Waals surface area (Å²) in [6, 6.07) is 33.7. The van der Waals surface area contributed by atoms with Gasteiger partial charge in [0, 0.05) is 23.0 Å². The molecule has 43 heavy (non-hydrogen) atoms. The summed E-state index contributed by atoms with van der Waals surface area (Å²) >= 11 is 0. The number of fused-ring (bicyclic) bond motifs is 1. The summed E-state index contributed by atoms with van der Waals surface area (Å²) in [5.74, 6) is 2.71. The summed E-state index contributed by atoms with van der Waals surface area (Å²) in [6.07, 6.45) is 3.94. The van der Waals surface area contributed by atoms with Crippen LogP contribution in [0.1, 0.15) is 42.9 Å². The first-order chi connectivity index (χ1) is 21.2. The van der Waals surface area contributed by atoms with E-state index in [1.807, 2.05) is 25.1 Å². The van der Waals surface area contributed by atoms with Crippen LogP contribution in [0.25, 0.3) is 22.2 Å². The van der Waals surface area contributed by atoms with Crippen molar-refractivity contribution < 1.29 is 14.2 Å². The summed E-state index contributed by atoms with van der Waals surface area (Å²) < 4.78 is 20.8. The molecule has 0 atom stereocenters. The molecule has 0 aliphatic carbocycles. The molecule has 5 aromatic rings. The van der Waals surface area contributed by atoms with Gasteiger partial charge in [-0.3, -0.25) is 4.90 Å². The molecule has 1 aromatic heterocycles. The Kier molecular flexibility index (Phi) is 9.29. The molecular weight excluding hydrogens is 532 g/mol. The predicted octanol–water partition coefficient (Wildman–Crippen LogP) is 8.51. The number of piperidine rings is 1. The van der Waals surface area contributed by atoms with Gasteiger partial charge in [-0.1, -0.05) is 55.0 Å². The molecule has 5 heteroatoms. The van der Waals surface area contributed by atoms with Gasteiger partial charge in [0.15, 0.2) is 0 Å². The van der Waals surface area contributed by atoms with Crippen LogP contribution in [0.4, 0.5) is 0 Å². The van der Waals surface area contributed by atoms with Crippen LogP contribution in [0.3, 0.4) is 0 Å². The average molecular weight is 575 g/mol. The Morgan fingerprint density at radius 3 is 2.26 bits per heavy atom. The Balaban J connectivity index is 1.32. The van der Waals surface area contributed by atoms with Crippen LogP contribution in [0, 0.1) is 6.92 Å². The number of aromatic nitrogens is 1. The molecule has 0 unspecified atom stereocenters. The number of likely N-dealkylation sites (tertiary alicyclic amines) is 1. The lowest BCUT2D eigenvalue weighted by Gasteiger charge is -2.26. The minimum atomic E-state index is 0.542. The van der Waals surface area contributed by atoms with E-state index in [0.29, 0.717) is 26.4 Å². The zero-order valence-corrected chi connectivity index (χ0v) is 25.4. The summed E-state index contributed by atoms with van der Waals surface area (Å²) in [4.78, 5) is 2.52. The number of benzene rings is 4. The first kappa shape index (κ1) is 28.9. The zero-order chi connectivity index (χ0) is 29.4. The van der Waals surface area contributed by atoms with Crippen molar-refractivity contribution in [2.24, 2.45) is 0 Å². The average Bonchev–Trinajstić information content (AvgIpc) is 3.32. The highest BCUT2D eigenvalue weighted by molar-refractivity contribution is 5.92. The molecule has 1 saturated heterocycles. The summed E-state index contributed by atoms with van der Waals surface area (Å²) in [7, 11) is 0. The van der Waals surface area contributed by atoms with Gasteiger partial charge in [-0.15, -0.1) is 0 Å². The number of rotatable bonds is 12. The largest absolute Gasteiger partial charge is 0.494 e. The van der Waals surface area contributed by atoms with Crippen LogP contribution in [-0.2, 0) is 13.2 Å². The number of hydrogen-bond acceptors (Lipinski definition) is 4. The molecule has 0 radical (unpaired) electrons. The van der Waals surface area contributed by atoms with Crippen molar-refractivity contribution in [3.63, 3.8) is 0 Å². The maximum Gasteiger partial charge on any atom is 0.124 e. The molecule has 1 aliphatic rings. The highest BCUT2D eigenvalue weighted by Gasteiger charge is 2.19. The van der Waals surface area contributed by atoms with Crippen molar-refractivity contribution in [1.82, 2.24) is 9.47 Å². The Morgan fingerprint density at radius 1 is 0.721 bits per heavy atom. The van der Waals surface area contributed by atoms with Gasteiger partial charge < -0.3 is 18.8 Å². The molecule has 0 bridgehead atoms. The van der Waals surface area contributed by atoms with E-state index in [1.54, 1.807) is 0 Å². The smallest absolute Gasteiger partial charge is 0.124 e. The second-order valence-corrected chi connectivity index (χ2v) is 11.3. The minimum Gasteiger partial charge on any atom is -0.494 e. The van der Waals surface area contributed by atoms with Gasteiger partial charge in [0.05, 0.1) is 18.8 Å². The Morgan fingerprint density at radius 2 is 1.47 bits per heavy atom. The van der Waals surface area contributed by atoms with Gasteiger partial charge in [0.1, 0.15) is 30.5 Å². The van der Waals surface area contributed by atoms with Gasteiger partial charge in [-0.25, -0.2) is 0 Å². The fraction of sp³-hybridized carbons (Fsp3) is 0.316. The second kappa shape index (κ2) is 13.8. The van der Waals surface area contributed by atoms with Crippen LogP contribution in [0.15, 0.2) is 97.1 Å². The topological polar surface area (TPSA) is 35.9 Å². The third-order valence-corrected chi connectivity index (χ3v) is 8.39. The lowest BCUT2D eigenvalue weighted by atomic mass is 10.1. The van der Waals surface area contributed by atoms with Crippen molar-refractivity contribution in [2.45, 2.75) is 46.3 Å². The van der Waals surface area contributed by atoms with Crippen molar-refractivity contribution in [3.8, 4) is 28.5 Å². The van der Waals surface area contributed by atoms with E-state index in [-0.39, 0.29) is 0 Å². The molecule has 0 saturated carbocycles. The lowest BCUT2D eigenvalue weighted by molar-refractivity contribution is 0.182. The first-order valence-electron chi connectivity index (χ1n) is 15.7. The summed E-state index contributed by atoms with van der Waals surface area (Å²) in [5.41, 5.74) is 7.09. The SMILES string of the molecule is CCOc1ccc(-c2c(C)c3cc(OCc4ccccc4)ccc3n2Cc2ccccc2OCCN2CCCCC2)cc1. The number of hydrogen-bond donors (Lipinski definition) is 0. The van der Waals surface area contributed by atoms with Crippen molar-refractivity contribution >= 4 is 10.9 Å². The minimum absolute atomic E-state index is 0.542. The molecule has 0 N–H and O–H groups in total. The molecule has 0 amide bonds. The fourth-order valence-corrected chi connectivity index (χ4v) is 6.16. The van der Waals surface area contributed by atoms with E-state index in [4.69, 9.17) is 14.2 Å². The second-order valence-electron chi connectivity index (χ2n) is 11.3. The highest BCUT2D eigenvalue weighted by Crippen LogP contribution is 2.37. The monoisotopic (exact) mass is 574 g/mol. The third kappa shape index (κ3) is 6.89. The maximum atomic E-state index is 6.42. The van der Waals surface area contributed by atoms with E-state index >= 15 is 0 Å². The standard InChI is InChI=1S/C38H42N2O3/c1-3-41-33-18-16-31(17-19-33)38-29(2)35-26-34(43-28-30-12-6-4-7-13-30)20-21-36(35)40(38)27-32-14-8-9-15-37(32)42-25-24-39-22-10-5-11-23-39/h4,6-9,12-21,26H,3,5,10-11,22-25,27-28H2,1-2H3. The predicted molar refractivity (Wildman–Crippen MR) is 175 cm³/mol. The first-order valence-corrected chi connectivity index (χ1v) is 15.7. The highest BCUT2D eigenvalue weighted by atomic mass is 16.5. The molecule has 222 valence electrons. The fourth-order valence-electron chi connectivity index (χ4n) is 6.16. The quantitative estimate of drug-likeness (QED) is 0.150. The van der Waals surface area contributed by atoms with Gasteiger partial charge >= 0.3 is 0 Å². The molecule has 0 spiro atoms. The summed E-state index contributed by atoms with van der Waals surface area (Å²) in [5, 5.41) is 1.19. The number of para-hydroxylation sites is 1. The van der Waals surface area contributed by atoms with Crippen molar-refractivity contribution in [1.29, 1.82) is 0 Å². The number of nitrogens with zero attached hydrogens (tertiary/aromatic N) is 2. The number of aryl methyl sites for hydroxylation is 1. The van der Waals surface area contributed by atoms with Gasteiger partial charge in [0.25, 0.3) is 0 Å². The van der Waals surface area contributed by atoms with E-state index < -0.39 is 0 Å². The molecule has 2 heterocycles. The van der Waals surface area contributed by atoms with E-state index in [0.717, 1.165) is 34.9 Å². The maximum absolute atomic E-state index is 6.42.